The summed E-state index contributed by atoms with van der Waals surface area (Å²) in [7, 11) is 1.68. The lowest BCUT2D eigenvalue weighted by Crippen LogP contribution is -2.50. The van der Waals surface area contributed by atoms with Crippen molar-refractivity contribution in [1.82, 2.24) is 4.90 Å². The number of anilines is 2. The highest BCUT2D eigenvalue weighted by molar-refractivity contribution is 6.00. The monoisotopic (exact) mass is 393 g/mol. The minimum Gasteiger partial charge on any atom is -0.495 e. The molecule has 2 saturated heterocycles. The molecule has 6 heteroatoms. The van der Waals surface area contributed by atoms with Crippen molar-refractivity contribution < 1.29 is 14.3 Å². The number of nitrogens with zero attached hydrogens (tertiary/aromatic N) is 3. The van der Waals surface area contributed by atoms with Crippen LogP contribution in [0.2, 0.25) is 0 Å². The highest BCUT2D eigenvalue weighted by Crippen LogP contribution is 2.31. The SMILES string of the molecule is COc1ccccc1N1CCN(C(=O)[C@H]2CC(=O)N(c3ccccc3C)C2)CC1. The molecule has 0 N–H and O–H groups in total. The van der Waals surface area contributed by atoms with E-state index in [1.165, 1.54) is 0 Å². The van der Waals surface area contributed by atoms with Crippen LogP contribution in [-0.2, 0) is 9.59 Å². The van der Waals surface area contributed by atoms with Gasteiger partial charge in [0.05, 0.1) is 18.7 Å². The average Bonchev–Trinajstić information content (AvgIpc) is 3.15. The Kier molecular flexibility index (Phi) is 5.43. The molecule has 2 aromatic carbocycles. The molecular weight excluding hydrogens is 366 g/mol. The van der Waals surface area contributed by atoms with Gasteiger partial charge in [0.1, 0.15) is 5.75 Å². The number of rotatable bonds is 4. The second-order valence-corrected chi connectivity index (χ2v) is 7.68. The van der Waals surface area contributed by atoms with E-state index in [0.717, 1.165) is 35.8 Å². The van der Waals surface area contributed by atoms with Crippen LogP contribution < -0.4 is 14.5 Å². The highest BCUT2D eigenvalue weighted by atomic mass is 16.5. The fourth-order valence-electron chi connectivity index (χ4n) is 4.29. The number of aryl methyl sites for hydroxylation is 1. The van der Waals surface area contributed by atoms with Gasteiger partial charge in [-0.15, -0.1) is 0 Å². The maximum absolute atomic E-state index is 13.1. The zero-order valence-corrected chi connectivity index (χ0v) is 17.0. The van der Waals surface area contributed by atoms with E-state index in [9.17, 15) is 9.59 Å². The van der Waals surface area contributed by atoms with Crippen molar-refractivity contribution >= 4 is 23.2 Å². The Morgan fingerprint density at radius 1 is 0.966 bits per heavy atom. The molecule has 2 aliphatic heterocycles. The van der Waals surface area contributed by atoms with E-state index in [0.29, 0.717) is 26.1 Å². The largest absolute Gasteiger partial charge is 0.495 e. The number of hydrogen-bond donors (Lipinski definition) is 0. The Balaban J connectivity index is 1.39. The molecule has 0 radical (unpaired) electrons. The van der Waals surface area contributed by atoms with Gasteiger partial charge in [-0.2, -0.15) is 0 Å². The number of benzene rings is 2. The van der Waals surface area contributed by atoms with E-state index < -0.39 is 0 Å². The molecule has 6 nitrogen and oxygen atoms in total. The minimum absolute atomic E-state index is 0.0327. The summed E-state index contributed by atoms with van der Waals surface area (Å²) in [5.74, 6) is 0.710. The fraction of sp³-hybridized carbons (Fsp3) is 0.391. The van der Waals surface area contributed by atoms with Crippen molar-refractivity contribution in [1.29, 1.82) is 0 Å². The van der Waals surface area contributed by atoms with Crippen molar-refractivity contribution in [3.8, 4) is 5.75 Å². The van der Waals surface area contributed by atoms with Gasteiger partial charge in [0.25, 0.3) is 0 Å². The fourth-order valence-corrected chi connectivity index (χ4v) is 4.29. The predicted molar refractivity (Wildman–Crippen MR) is 113 cm³/mol. The first-order valence-corrected chi connectivity index (χ1v) is 10.1. The number of amides is 2. The lowest BCUT2D eigenvalue weighted by atomic mass is 10.1. The smallest absolute Gasteiger partial charge is 0.228 e. The molecule has 2 aromatic rings. The number of carbonyl (C=O) groups is 2. The van der Waals surface area contributed by atoms with Gasteiger partial charge in [0, 0.05) is 44.8 Å². The number of para-hydroxylation sites is 3. The van der Waals surface area contributed by atoms with Crippen molar-refractivity contribution in [3.05, 3.63) is 54.1 Å². The molecule has 0 unspecified atom stereocenters. The topological polar surface area (TPSA) is 53.1 Å². The number of methoxy groups -OCH3 is 1. The highest BCUT2D eigenvalue weighted by Gasteiger charge is 2.38. The lowest BCUT2D eigenvalue weighted by molar-refractivity contribution is -0.136. The van der Waals surface area contributed by atoms with Gasteiger partial charge in [-0.1, -0.05) is 30.3 Å². The van der Waals surface area contributed by atoms with Gasteiger partial charge in [-0.3, -0.25) is 9.59 Å². The quantitative estimate of drug-likeness (QED) is 0.802. The van der Waals surface area contributed by atoms with E-state index in [1.807, 2.05) is 60.4 Å². The minimum atomic E-state index is -0.264. The average molecular weight is 393 g/mol. The third-order valence-electron chi connectivity index (χ3n) is 5.90. The van der Waals surface area contributed by atoms with Crippen LogP contribution in [0.15, 0.2) is 48.5 Å². The molecule has 152 valence electrons. The maximum atomic E-state index is 13.1. The van der Waals surface area contributed by atoms with Crippen molar-refractivity contribution in [3.63, 3.8) is 0 Å². The van der Waals surface area contributed by atoms with Crippen molar-refractivity contribution in [2.75, 3.05) is 49.6 Å². The Bertz CT molecular complexity index is 906. The summed E-state index contributed by atoms with van der Waals surface area (Å²) in [6, 6.07) is 15.8. The van der Waals surface area contributed by atoms with Crippen LogP contribution in [0.4, 0.5) is 11.4 Å². The molecule has 2 heterocycles. The maximum Gasteiger partial charge on any atom is 0.228 e. The number of hydrogen-bond acceptors (Lipinski definition) is 4. The summed E-state index contributed by atoms with van der Waals surface area (Å²) in [5.41, 5.74) is 3.03. The Labute approximate surface area is 171 Å². The number of carbonyl (C=O) groups excluding carboxylic acids is 2. The summed E-state index contributed by atoms with van der Waals surface area (Å²) < 4.78 is 5.46. The first kappa shape index (κ1) is 19.3. The second kappa shape index (κ2) is 8.15. The molecule has 0 aromatic heterocycles. The van der Waals surface area contributed by atoms with Crippen molar-refractivity contribution in [2.24, 2.45) is 5.92 Å². The molecule has 4 rings (SSSR count). The van der Waals surface area contributed by atoms with E-state index >= 15 is 0 Å². The molecular formula is C23H27N3O3. The first-order chi connectivity index (χ1) is 14.1. The molecule has 29 heavy (non-hydrogen) atoms. The molecule has 1 atom stereocenters. The lowest BCUT2D eigenvalue weighted by Gasteiger charge is -2.37. The zero-order valence-electron chi connectivity index (χ0n) is 17.0. The summed E-state index contributed by atoms with van der Waals surface area (Å²) in [6.45, 7) is 5.30. The van der Waals surface area contributed by atoms with Crippen LogP contribution in [0.3, 0.4) is 0 Å². The summed E-state index contributed by atoms with van der Waals surface area (Å²) in [6.07, 6.45) is 0.292. The van der Waals surface area contributed by atoms with Crippen LogP contribution in [0.1, 0.15) is 12.0 Å². The zero-order chi connectivity index (χ0) is 20.4. The predicted octanol–water partition coefficient (Wildman–Crippen LogP) is 2.71. The van der Waals surface area contributed by atoms with Crippen LogP contribution in [-0.4, -0.2) is 56.5 Å². The number of ether oxygens (including phenoxy) is 1. The van der Waals surface area contributed by atoms with Gasteiger partial charge >= 0.3 is 0 Å². The van der Waals surface area contributed by atoms with Crippen LogP contribution in [0, 0.1) is 12.8 Å². The normalized spacial score (nSPS) is 19.6. The van der Waals surface area contributed by atoms with Gasteiger partial charge in [-0.25, -0.2) is 0 Å². The standard InChI is InChI=1S/C23H27N3O3/c1-17-7-3-4-8-19(17)26-16-18(15-22(26)27)23(28)25-13-11-24(12-14-25)20-9-5-6-10-21(20)29-2/h3-10,18H,11-16H2,1-2H3/t18-/m0/s1. The summed E-state index contributed by atoms with van der Waals surface area (Å²) in [5, 5.41) is 0. The Morgan fingerprint density at radius 3 is 2.31 bits per heavy atom. The first-order valence-electron chi connectivity index (χ1n) is 10.1. The molecule has 0 bridgehead atoms. The van der Waals surface area contributed by atoms with E-state index in [4.69, 9.17) is 4.74 Å². The second-order valence-electron chi connectivity index (χ2n) is 7.68. The molecule has 2 aliphatic rings. The third-order valence-corrected chi connectivity index (χ3v) is 5.90. The van der Waals surface area contributed by atoms with E-state index in [2.05, 4.69) is 4.90 Å². The molecule has 2 amide bonds. The van der Waals surface area contributed by atoms with Crippen LogP contribution >= 0.6 is 0 Å². The summed E-state index contributed by atoms with van der Waals surface area (Å²) >= 11 is 0. The number of piperazine rings is 1. The van der Waals surface area contributed by atoms with Gasteiger partial charge in [0.2, 0.25) is 11.8 Å². The van der Waals surface area contributed by atoms with Crippen molar-refractivity contribution in [2.45, 2.75) is 13.3 Å². The van der Waals surface area contributed by atoms with E-state index in [-0.39, 0.29) is 17.7 Å². The molecule has 0 spiro atoms. The summed E-state index contributed by atoms with van der Waals surface area (Å²) in [4.78, 5) is 31.6. The van der Waals surface area contributed by atoms with Crippen LogP contribution in [0.5, 0.6) is 5.75 Å². The van der Waals surface area contributed by atoms with E-state index in [1.54, 1.807) is 12.0 Å². The van der Waals surface area contributed by atoms with Crippen LogP contribution in [0.25, 0.3) is 0 Å². The van der Waals surface area contributed by atoms with Gasteiger partial charge in [-0.05, 0) is 30.7 Å². The molecule has 0 saturated carbocycles. The van der Waals surface area contributed by atoms with Gasteiger partial charge < -0.3 is 19.4 Å². The van der Waals surface area contributed by atoms with Gasteiger partial charge in [0.15, 0.2) is 0 Å². The Morgan fingerprint density at radius 2 is 1.62 bits per heavy atom. The third kappa shape index (κ3) is 3.79. The molecule has 2 fully saturated rings. The molecule has 0 aliphatic carbocycles. The Hall–Kier alpha value is -3.02.